The Labute approximate surface area is 162 Å². The molecule has 0 aromatic heterocycles. The lowest BCUT2D eigenvalue weighted by Crippen LogP contribution is -2.14. The van der Waals surface area contributed by atoms with E-state index < -0.39 is 5.97 Å². The Kier molecular flexibility index (Phi) is 5.57. The molecule has 0 fully saturated rings. The van der Waals surface area contributed by atoms with Crippen LogP contribution in [0.5, 0.6) is 0 Å². The average Bonchev–Trinajstić information content (AvgIpc) is 2.68. The van der Waals surface area contributed by atoms with Crippen LogP contribution in [-0.4, -0.2) is 19.0 Å². The van der Waals surface area contributed by atoms with Crippen molar-refractivity contribution in [3.05, 3.63) is 82.9 Å². The van der Waals surface area contributed by atoms with E-state index in [-0.39, 0.29) is 22.2 Å². The first-order valence-electron chi connectivity index (χ1n) is 8.35. The highest BCUT2D eigenvalue weighted by Crippen LogP contribution is 2.27. The quantitative estimate of drug-likeness (QED) is 0.493. The molecule has 0 aliphatic carbocycles. The first kappa shape index (κ1) is 18.7. The van der Waals surface area contributed by atoms with Gasteiger partial charge in [-0.3, -0.25) is 4.79 Å². The molecule has 0 radical (unpaired) electrons. The molecule has 0 saturated heterocycles. The number of ether oxygens (including phenoxy) is 1. The van der Waals surface area contributed by atoms with Gasteiger partial charge in [0, 0.05) is 6.08 Å². The van der Waals surface area contributed by atoms with Gasteiger partial charge in [0.1, 0.15) is 0 Å². The van der Waals surface area contributed by atoms with Gasteiger partial charge in [-0.25, -0.2) is 4.79 Å². The number of hydrogen-bond acceptors (Lipinski definition) is 3. The zero-order valence-electron chi connectivity index (χ0n) is 15.0. The minimum Gasteiger partial charge on any atom is -0.465 e. The van der Waals surface area contributed by atoms with Crippen molar-refractivity contribution < 1.29 is 14.3 Å². The second-order valence-electron chi connectivity index (χ2n) is 6.03. The number of allylic oxidation sites excluding steroid dienone is 1. The van der Waals surface area contributed by atoms with E-state index in [1.54, 1.807) is 18.2 Å². The molecular formula is C22H18ClNO3. The van der Waals surface area contributed by atoms with Crippen LogP contribution in [0.2, 0.25) is 5.02 Å². The fourth-order valence-corrected chi connectivity index (χ4v) is 3.03. The van der Waals surface area contributed by atoms with E-state index >= 15 is 0 Å². The van der Waals surface area contributed by atoms with Crippen LogP contribution in [0.25, 0.3) is 16.3 Å². The SMILES string of the molecule is COC(=O)c1cccc(Cl)c1NC(=O)C=C(C)c1ccc2ccccc2c1. The monoisotopic (exact) mass is 379 g/mol. The third kappa shape index (κ3) is 4.18. The summed E-state index contributed by atoms with van der Waals surface area (Å²) in [5.41, 5.74) is 2.18. The van der Waals surface area contributed by atoms with Gasteiger partial charge >= 0.3 is 5.97 Å². The summed E-state index contributed by atoms with van der Waals surface area (Å²) in [6.07, 6.45) is 1.48. The number of fused-ring (bicyclic) bond motifs is 1. The maximum atomic E-state index is 12.5. The number of esters is 1. The van der Waals surface area contributed by atoms with Gasteiger partial charge in [-0.1, -0.05) is 54.1 Å². The molecule has 136 valence electrons. The van der Waals surface area contributed by atoms with E-state index in [1.165, 1.54) is 13.2 Å². The van der Waals surface area contributed by atoms with E-state index in [0.29, 0.717) is 0 Å². The largest absolute Gasteiger partial charge is 0.465 e. The van der Waals surface area contributed by atoms with Crippen LogP contribution < -0.4 is 5.32 Å². The zero-order chi connectivity index (χ0) is 19.4. The smallest absolute Gasteiger partial charge is 0.340 e. The number of carbonyl (C=O) groups is 2. The minimum absolute atomic E-state index is 0.204. The molecule has 0 spiro atoms. The van der Waals surface area contributed by atoms with Gasteiger partial charge in [0.25, 0.3) is 0 Å². The van der Waals surface area contributed by atoms with Crippen molar-refractivity contribution in [1.82, 2.24) is 0 Å². The Hall–Kier alpha value is -3.11. The maximum absolute atomic E-state index is 12.5. The van der Waals surface area contributed by atoms with Crippen molar-refractivity contribution in [2.75, 3.05) is 12.4 Å². The number of methoxy groups -OCH3 is 1. The summed E-state index contributed by atoms with van der Waals surface area (Å²) < 4.78 is 4.74. The molecule has 1 N–H and O–H groups in total. The molecule has 3 rings (SSSR count). The van der Waals surface area contributed by atoms with Crippen molar-refractivity contribution in [1.29, 1.82) is 0 Å². The fourth-order valence-electron chi connectivity index (χ4n) is 2.81. The van der Waals surface area contributed by atoms with E-state index in [4.69, 9.17) is 16.3 Å². The summed E-state index contributed by atoms with van der Waals surface area (Å²) in [5, 5.41) is 5.19. The minimum atomic E-state index is -0.567. The first-order chi connectivity index (χ1) is 13.0. The molecule has 0 heterocycles. The number of benzene rings is 3. The summed E-state index contributed by atoms with van der Waals surface area (Å²) in [6, 6.07) is 18.8. The van der Waals surface area contributed by atoms with Crippen molar-refractivity contribution in [3.63, 3.8) is 0 Å². The molecule has 0 unspecified atom stereocenters. The standard InChI is InChI=1S/C22H18ClNO3/c1-14(16-11-10-15-6-3-4-7-17(15)13-16)12-20(25)24-21-18(22(26)27-2)8-5-9-19(21)23/h3-13H,1-2H3,(H,24,25). The fraction of sp³-hybridized carbons (Fsp3) is 0.0909. The van der Waals surface area contributed by atoms with Crippen LogP contribution in [-0.2, 0) is 9.53 Å². The predicted octanol–water partition coefficient (Wildman–Crippen LogP) is 5.32. The first-order valence-corrected chi connectivity index (χ1v) is 8.72. The molecule has 5 heteroatoms. The Morgan fingerprint density at radius 3 is 2.48 bits per heavy atom. The normalized spacial score (nSPS) is 11.3. The Morgan fingerprint density at radius 2 is 1.74 bits per heavy atom. The average molecular weight is 380 g/mol. The van der Waals surface area contributed by atoms with Crippen LogP contribution in [0.4, 0.5) is 5.69 Å². The number of carbonyl (C=O) groups excluding carboxylic acids is 2. The molecule has 0 aliphatic heterocycles. The summed E-state index contributed by atoms with van der Waals surface area (Å²) in [4.78, 5) is 24.4. The maximum Gasteiger partial charge on any atom is 0.340 e. The van der Waals surface area contributed by atoms with Crippen molar-refractivity contribution in [3.8, 4) is 0 Å². The van der Waals surface area contributed by atoms with Crippen molar-refractivity contribution in [2.45, 2.75) is 6.92 Å². The van der Waals surface area contributed by atoms with Crippen molar-refractivity contribution in [2.24, 2.45) is 0 Å². The Bertz CT molecular complexity index is 1060. The number of hydrogen-bond donors (Lipinski definition) is 1. The summed E-state index contributed by atoms with van der Waals surface area (Å²) in [5.74, 6) is -0.943. The topological polar surface area (TPSA) is 55.4 Å². The lowest BCUT2D eigenvalue weighted by Gasteiger charge is -2.11. The third-order valence-corrected chi connectivity index (χ3v) is 4.53. The second-order valence-corrected chi connectivity index (χ2v) is 6.44. The number of anilines is 1. The number of amides is 1. The van der Waals surface area contributed by atoms with Gasteiger partial charge < -0.3 is 10.1 Å². The number of para-hydroxylation sites is 1. The van der Waals surface area contributed by atoms with Gasteiger partial charge in [-0.15, -0.1) is 0 Å². The van der Waals surface area contributed by atoms with E-state index in [0.717, 1.165) is 21.9 Å². The molecule has 0 bridgehead atoms. The zero-order valence-corrected chi connectivity index (χ0v) is 15.7. The molecule has 0 atom stereocenters. The van der Waals surface area contributed by atoms with Crippen LogP contribution in [0.1, 0.15) is 22.8 Å². The van der Waals surface area contributed by atoms with E-state index in [9.17, 15) is 9.59 Å². The van der Waals surface area contributed by atoms with Crippen LogP contribution in [0.15, 0.2) is 66.7 Å². The number of nitrogens with one attached hydrogen (secondary N) is 1. The van der Waals surface area contributed by atoms with Gasteiger partial charge in [0.2, 0.25) is 5.91 Å². The lowest BCUT2D eigenvalue weighted by molar-refractivity contribution is -0.111. The number of halogens is 1. The number of rotatable bonds is 4. The molecule has 27 heavy (non-hydrogen) atoms. The Balaban J connectivity index is 1.87. The van der Waals surface area contributed by atoms with Gasteiger partial charge in [-0.2, -0.15) is 0 Å². The van der Waals surface area contributed by atoms with Crippen LogP contribution in [0, 0.1) is 0 Å². The second kappa shape index (κ2) is 8.06. The van der Waals surface area contributed by atoms with Crippen LogP contribution >= 0.6 is 11.6 Å². The Morgan fingerprint density at radius 1 is 1.00 bits per heavy atom. The molecular weight excluding hydrogens is 362 g/mol. The third-order valence-electron chi connectivity index (χ3n) is 4.22. The van der Waals surface area contributed by atoms with Crippen molar-refractivity contribution >= 4 is 45.5 Å². The molecule has 0 saturated carbocycles. The highest BCUT2D eigenvalue weighted by molar-refractivity contribution is 6.34. The summed E-state index contributed by atoms with van der Waals surface area (Å²) >= 11 is 6.15. The van der Waals surface area contributed by atoms with E-state index in [1.807, 2.05) is 49.4 Å². The van der Waals surface area contributed by atoms with Gasteiger partial charge in [-0.05, 0) is 47.0 Å². The van der Waals surface area contributed by atoms with Gasteiger partial charge in [0.05, 0.1) is 23.4 Å². The summed E-state index contributed by atoms with van der Waals surface area (Å²) in [6.45, 7) is 1.86. The molecule has 0 aliphatic rings. The molecule has 1 amide bonds. The predicted molar refractivity (Wildman–Crippen MR) is 109 cm³/mol. The molecule has 3 aromatic rings. The van der Waals surface area contributed by atoms with Gasteiger partial charge in [0.15, 0.2) is 0 Å². The highest BCUT2D eigenvalue weighted by Gasteiger charge is 2.16. The lowest BCUT2D eigenvalue weighted by atomic mass is 10.0. The summed E-state index contributed by atoms with van der Waals surface area (Å²) in [7, 11) is 1.28. The van der Waals surface area contributed by atoms with Crippen LogP contribution in [0.3, 0.4) is 0 Å². The highest BCUT2D eigenvalue weighted by atomic mass is 35.5. The molecule has 4 nitrogen and oxygen atoms in total. The van der Waals surface area contributed by atoms with E-state index in [2.05, 4.69) is 5.32 Å². The molecule has 3 aromatic carbocycles.